The van der Waals surface area contributed by atoms with E-state index in [1.165, 1.54) is 7.11 Å². The summed E-state index contributed by atoms with van der Waals surface area (Å²) in [7, 11) is 1.48. The smallest absolute Gasteiger partial charge is 0.341 e. The maximum atomic E-state index is 11.9. The number of benzene rings is 1. The summed E-state index contributed by atoms with van der Waals surface area (Å²) < 4.78 is 12.0. The van der Waals surface area contributed by atoms with Gasteiger partial charge in [0.25, 0.3) is 0 Å². The van der Waals surface area contributed by atoms with Crippen LogP contribution in [-0.4, -0.2) is 29.5 Å². The summed E-state index contributed by atoms with van der Waals surface area (Å²) in [6.07, 6.45) is 3.47. The number of methoxy groups -OCH3 is 1. The van der Waals surface area contributed by atoms with Gasteiger partial charge in [-0.2, -0.15) is 5.10 Å². The first-order valence-electron chi connectivity index (χ1n) is 5.79. The van der Waals surface area contributed by atoms with Crippen molar-refractivity contribution < 1.29 is 14.3 Å². The van der Waals surface area contributed by atoms with Crippen LogP contribution in [0.25, 0.3) is 0 Å². The molecule has 0 spiro atoms. The lowest BCUT2D eigenvalue weighted by atomic mass is 10.2. The highest BCUT2D eigenvalue weighted by Crippen LogP contribution is 2.22. The van der Waals surface area contributed by atoms with Gasteiger partial charge in [-0.3, -0.25) is 4.68 Å². The summed E-state index contributed by atoms with van der Waals surface area (Å²) in [6, 6.07) is 6.62. The number of carbonyl (C=O) groups is 1. The fourth-order valence-corrected chi connectivity index (χ4v) is 1.62. The lowest BCUT2D eigenvalue weighted by molar-refractivity contribution is 0.0484. The van der Waals surface area contributed by atoms with Gasteiger partial charge in [-0.1, -0.05) is 0 Å². The number of nitrogen functional groups attached to an aromatic ring is 1. The van der Waals surface area contributed by atoms with Gasteiger partial charge in [0.05, 0.1) is 13.7 Å². The van der Waals surface area contributed by atoms with E-state index in [9.17, 15) is 4.79 Å². The third-order valence-electron chi connectivity index (χ3n) is 2.56. The summed E-state index contributed by atoms with van der Waals surface area (Å²) in [6.45, 7) is 0.754. The molecule has 0 saturated heterocycles. The Labute approximate surface area is 110 Å². The van der Waals surface area contributed by atoms with Crippen molar-refractivity contribution in [3.63, 3.8) is 0 Å². The summed E-state index contributed by atoms with van der Waals surface area (Å²) in [5, 5.41) is 4.02. The third kappa shape index (κ3) is 3.25. The average Bonchev–Trinajstić information content (AvgIpc) is 2.91. The first-order valence-corrected chi connectivity index (χ1v) is 5.79. The van der Waals surface area contributed by atoms with Crippen molar-refractivity contribution in [2.75, 3.05) is 19.5 Å². The topological polar surface area (TPSA) is 79.4 Å². The fourth-order valence-electron chi connectivity index (χ4n) is 1.62. The minimum atomic E-state index is -0.441. The summed E-state index contributed by atoms with van der Waals surface area (Å²) in [5.74, 6) is -0.0342. The van der Waals surface area contributed by atoms with Gasteiger partial charge < -0.3 is 15.2 Å². The van der Waals surface area contributed by atoms with E-state index in [1.54, 1.807) is 35.3 Å². The van der Waals surface area contributed by atoms with Gasteiger partial charge in [0.15, 0.2) is 0 Å². The second-order valence-corrected chi connectivity index (χ2v) is 3.86. The Morgan fingerprint density at radius 2 is 2.32 bits per heavy atom. The second-order valence-electron chi connectivity index (χ2n) is 3.86. The number of carbonyl (C=O) groups excluding carboxylic acids is 1. The van der Waals surface area contributed by atoms with Crippen LogP contribution in [-0.2, 0) is 11.3 Å². The molecule has 19 heavy (non-hydrogen) atoms. The minimum Gasteiger partial charge on any atom is -0.496 e. The van der Waals surface area contributed by atoms with Crippen molar-refractivity contribution in [1.82, 2.24) is 9.78 Å². The number of esters is 1. The molecule has 2 N–H and O–H groups in total. The zero-order valence-electron chi connectivity index (χ0n) is 10.6. The number of rotatable bonds is 5. The van der Waals surface area contributed by atoms with Crippen molar-refractivity contribution in [1.29, 1.82) is 0 Å². The Bertz CT molecular complexity index is 552. The van der Waals surface area contributed by atoms with Gasteiger partial charge in [-0.25, -0.2) is 4.79 Å². The monoisotopic (exact) mass is 261 g/mol. The highest BCUT2D eigenvalue weighted by molar-refractivity contribution is 5.93. The maximum Gasteiger partial charge on any atom is 0.341 e. The second kappa shape index (κ2) is 5.90. The Morgan fingerprint density at radius 1 is 1.47 bits per heavy atom. The molecule has 0 radical (unpaired) electrons. The number of hydrogen-bond donors (Lipinski definition) is 1. The molecule has 0 amide bonds. The largest absolute Gasteiger partial charge is 0.496 e. The lowest BCUT2D eigenvalue weighted by Gasteiger charge is -2.09. The SMILES string of the molecule is COc1cc(N)ccc1C(=O)OCCn1cccn1. The molecule has 6 heteroatoms. The molecule has 0 aliphatic heterocycles. The van der Waals surface area contributed by atoms with Gasteiger partial charge >= 0.3 is 5.97 Å². The predicted octanol–water partition coefficient (Wildman–Crippen LogP) is 1.33. The van der Waals surface area contributed by atoms with E-state index in [-0.39, 0.29) is 6.61 Å². The first kappa shape index (κ1) is 12.9. The Morgan fingerprint density at radius 3 is 3.00 bits per heavy atom. The molecule has 2 rings (SSSR count). The highest BCUT2D eigenvalue weighted by Gasteiger charge is 2.13. The van der Waals surface area contributed by atoms with E-state index in [2.05, 4.69) is 5.10 Å². The van der Waals surface area contributed by atoms with Crippen LogP contribution < -0.4 is 10.5 Å². The van der Waals surface area contributed by atoms with Gasteiger partial charge in [0.1, 0.15) is 17.9 Å². The normalized spacial score (nSPS) is 10.2. The lowest BCUT2D eigenvalue weighted by Crippen LogP contribution is -2.12. The molecule has 0 unspecified atom stereocenters. The molecule has 6 nitrogen and oxygen atoms in total. The van der Waals surface area contributed by atoms with Gasteiger partial charge in [-0.05, 0) is 18.2 Å². The minimum absolute atomic E-state index is 0.244. The van der Waals surface area contributed by atoms with Crippen molar-refractivity contribution in [2.45, 2.75) is 6.54 Å². The molecular weight excluding hydrogens is 246 g/mol. The summed E-state index contributed by atoms with van der Waals surface area (Å²) in [5.41, 5.74) is 6.51. The van der Waals surface area contributed by atoms with E-state index in [0.717, 1.165) is 0 Å². The molecule has 0 saturated carbocycles. The van der Waals surface area contributed by atoms with Crippen LogP contribution in [0.2, 0.25) is 0 Å². The van der Waals surface area contributed by atoms with Crippen LogP contribution in [0.1, 0.15) is 10.4 Å². The number of nitrogens with zero attached hydrogens (tertiary/aromatic N) is 2. The average molecular weight is 261 g/mol. The zero-order chi connectivity index (χ0) is 13.7. The molecule has 1 heterocycles. The van der Waals surface area contributed by atoms with Crippen molar-refractivity contribution >= 4 is 11.7 Å². The molecule has 2 aromatic rings. The predicted molar refractivity (Wildman–Crippen MR) is 69.9 cm³/mol. The van der Waals surface area contributed by atoms with E-state index in [4.69, 9.17) is 15.2 Å². The van der Waals surface area contributed by atoms with Crippen LogP contribution in [0, 0.1) is 0 Å². The van der Waals surface area contributed by atoms with Gasteiger partial charge in [0, 0.05) is 24.1 Å². The van der Waals surface area contributed by atoms with Crippen molar-refractivity contribution in [3.05, 3.63) is 42.2 Å². The van der Waals surface area contributed by atoms with Gasteiger partial charge in [0.2, 0.25) is 0 Å². The molecule has 0 bridgehead atoms. The number of aromatic nitrogens is 2. The maximum absolute atomic E-state index is 11.9. The third-order valence-corrected chi connectivity index (χ3v) is 2.56. The fraction of sp³-hybridized carbons (Fsp3) is 0.231. The molecule has 0 aliphatic rings. The molecule has 0 aliphatic carbocycles. The standard InChI is InChI=1S/C13H15N3O3/c1-18-12-9-10(14)3-4-11(12)13(17)19-8-7-16-6-2-5-15-16/h2-6,9H,7-8,14H2,1H3. The van der Waals surface area contributed by atoms with Gasteiger partial charge in [-0.15, -0.1) is 0 Å². The van der Waals surface area contributed by atoms with E-state index in [1.807, 2.05) is 6.07 Å². The van der Waals surface area contributed by atoms with Crippen molar-refractivity contribution in [3.8, 4) is 5.75 Å². The number of hydrogen-bond acceptors (Lipinski definition) is 5. The highest BCUT2D eigenvalue weighted by atomic mass is 16.5. The molecule has 1 aromatic heterocycles. The molecule has 1 aromatic carbocycles. The van der Waals surface area contributed by atoms with Crippen LogP contribution >= 0.6 is 0 Å². The summed E-state index contributed by atoms with van der Waals surface area (Å²) >= 11 is 0. The van der Waals surface area contributed by atoms with Crippen LogP contribution in [0.5, 0.6) is 5.75 Å². The van der Waals surface area contributed by atoms with Crippen LogP contribution in [0.3, 0.4) is 0 Å². The van der Waals surface area contributed by atoms with Crippen molar-refractivity contribution in [2.24, 2.45) is 0 Å². The van der Waals surface area contributed by atoms with Crippen LogP contribution in [0.15, 0.2) is 36.7 Å². The molecular formula is C13H15N3O3. The summed E-state index contributed by atoms with van der Waals surface area (Å²) in [4.78, 5) is 11.9. The Balaban J connectivity index is 1.96. The Hall–Kier alpha value is -2.50. The van der Waals surface area contributed by atoms with E-state index in [0.29, 0.717) is 23.5 Å². The number of ether oxygens (including phenoxy) is 2. The number of anilines is 1. The Kier molecular flexibility index (Phi) is 4.02. The molecule has 0 atom stereocenters. The molecule has 100 valence electrons. The van der Waals surface area contributed by atoms with E-state index >= 15 is 0 Å². The zero-order valence-corrected chi connectivity index (χ0v) is 10.6. The van der Waals surface area contributed by atoms with E-state index < -0.39 is 5.97 Å². The molecule has 0 fully saturated rings. The first-order chi connectivity index (χ1) is 9.20. The van der Waals surface area contributed by atoms with Crippen LogP contribution in [0.4, 0.5) is 5.69 Å². The number of nitrogens with two attached hydrogens (primary N) is 1. The quantitative estimate of drug-likeness (QED) is 0.649.